The molecule has 2 aromatic heterocycles. The van der Waals surface area contributed by atoms with Crippen LogP contribution in [0.5, 0.6) is 0 Å². The first-order valence-electron chi connectivity index (χ1n) is 10.3. The van der Waals surface area contributed by atoms with Gasteiger partial charge in [0.15, 0.2) is 0 Å². The maximum atomic E-state index is 12.9. The highest BCUT2D eigenvalue weighted by molar-refractivity contribution is 5.96. The predicted octanol–water partition coefficient (Wildman–Crippen LogP) is 4.88. The van der Waals surface area contributed by atoms with Crippen molar-refractivity contribution in [1.82, 2.24) is 19.7 Å². The molecule has 0 saturated heterocycles. The minimum absolute atomic E-state index is 0.0612. The minimum atomic E-state index is -0.0612. The maximum Gasteiger partial charge on any atom is 0.228 e. The molecular weight excluding hydrogens is 374 g/mol. The quantitative estimate of drug-likeness (QED) is 0.483. The molecule has 2 aromatic carbocycles. The van der Waals surface area contributed by atoms with Gasteiger partial charge in [-0.05, 0) is 44.0 Å². The zero-order valence-electron chi connectivity index (χ0n) is 17.9. The number of amides is 1. The van der Waals surface area contributed by atoms with E-state index in [9.17, 15) is 4.79 Å². The van der Waals surface area contributed by atoms with Crippen LogP contribution in [0.2, 0.25) is 0 Å². The molecule has 0 bridgehead atoms. The van der Waals surface area contributed by atoms with Crippen LogP contribution in [0, 0.1) is 19.8 Å². The number of rotatable bonds is 6. The van der Waals surface area contributed by atoms with Crippen molar-refractivity contribution in [2.24, 2.45) is 5.92 Å². The molecule has 4 aromatic rings. The zero-order chi connectivity index (χ0) is 21.3. The Morgan fingerprint density at radius 1 is 1.10 bits per heavy atom. The average molecular weight is 402 g/mol. The number of H-pyrrole nitrogens is 1. The lowest BCUT2D eigenvalue weighted by Gasteiger charge is -2.10. The van der Waals surface area contributed by atoms with Gasteiger partial charge in [-0.1, -0.05) is 38.1 Å². The Balaban J connectivity index is 1.57. The van der Waals surface area contributed by atoms with Gasteiger partial charge in [-0.3, -0.25) is 9.48 Å². The Labute approximate surface area is 176 Å². The fourth-order valence-corrected chi connectivity index (χ4v) is 3.75. The van der Waals surface area contributed by atoms with Crippen molar-refractivity contribution in [2.75, 3.05) is 5.32 Å². The van der Waals surface area contributed by atoms with Crippen LogP contribution >= 0.6 is 0 Å². The van der Waals surface area contributed by atoms with Gasteiger partial charge in [-0.15, -0.1) is 0 Å². The van der Waals surface area contributed by atoms with Gasteiger partial charge in [0.05, 0.1) is 28.8 Å². The molecule has 2 heterocycles. The normalized spacial score (nSPS) is 11.4. The first-order chi connectivity index (χ1) is 14.4. The Kier molecular flexibility index (Phi) is 5.40. The molecule has 2 N–H and O–H groups in total. The monoisotopic (exact) mass is 401 g/mol. The number of para-hydroxylation sites is 3. The lowest BCUT2D eigenvalue weighted by Crippen LogP contribution is -2.16. The van der Waals surface area contributed by atoms with Crippen LogP contribution in [-0.4, -0.2) is 25.7 Å². The van der Waals surface area contributed by atoms with E-state index in [1.165, 1.54) is 0 Å². The number of aryl methyl sites for hydroxylation is 1. The summed E-state index contributed by atoms with van der Waals surface area (Å²) in [5, 5.41) is 7.69. The van der Waals surface area contributed by atoms with Gasteiger partial charge in [0.2, 0.25) is 5.91 Å². The van der Waals surface area contributed by atoms with Crippen molar-refractivity contribution in [2.45, 2.75) is 40.7 Å². The summed E-state index contributed by atoms with van der Waals surface area (Å²) in [5.74, 6) is 1.18. The molecule has 0 aliphatic rings. The van der Waals surface area contributed by atoms with E-state index in [1.54, 1.807) is 0 Å². The summed E-state index contributed by atoms with van der Waals surface area (Å²) in [5.41, 5.74) is 6.44. The zero-order valence-corrected chi connectivity index (χ0v) is 17.9. The first-order valence-corrected chi connectivity index (χ1v) is 10.3. The third-order valence-electron chi connectivity index (χ3n) is 5.25. The lowest BCUT2D eigenvalue weighted by molar-refractivity contribution is -0.115. The van der Waals surface area contributed by atoms with E-state index in [0.29, 0.717) is 12.3 Å². The number of carbonyl (C=O) groups is 1. The predicted molar refractivity (Wildman–Crippen MR) is 120 cm³/mol. The number of aromatic amines is 1. The van der Waals surface area contributed by atoms with Crippen molar-refractivity contribution in [3.05, 3.63) is 65.5 Å². The van der Waals surface area contributed by atoms with E-state index in [1.807, 2.05) is 67.1 Å². The fraction of sp³-hybridized carbons (Fsp3) is 0.292. The number of hydrogen-bond acceptors (Lipinski definition) is 3. The molecule has 4 rings (SSSR count). The maximum absolute atomic E-state index is 12.9. The van der Waals surface area contributed by atoms with Crippen LogP contribution in [0.1, 0.15) is 30.8 Å². The van der Waals surface area contributed by atoms with Crippen molar-refractivity contribution in [1.29, 1.82) is 0 Å². The molecule has 6 nitrogen and oxygen atoms in total. The number of nitrogens with zero attached hydrogens (tertiary/aromatic N) is 3. The van der Waals surface area contributed by atoms with Crippen LogP contribution < -0.4 is 5.32 Å². The van der Waals surface area contributed by atoms with Crippen LogP contribution in [0.15, 0.2) is 48.5 Å². The molecule has 0 unspecified atom stereocenters. The molecule has 154 valence electrons. The van der Waals surface area contributed by atoms with Gasteiger partial charge in [-0.25, -0.2) is 4.98 Å². The molecule has 0 saturated carbocycles. The van der Waals surface area contributed by atoms with E-state index >= 15 is 0 Å². The second-order valence-electron chi connectivity index (χ2n) is 8.10. The summed E-state index contributed by atoms with van der Waals surface area (Å²) in [4.78, 5) is 20.9. The molecule has 0 spiro atoms. The molecule has 30 heavy (non-hydrogen) atoms. The van der Waals surface area contributed by atoms with E-state index in [-0.39, 0.29) is 5.91 Å². The average Bonchev–Trinajstić information content (AvgIpc) is 3.24. The van der Waals surface area contributed by atoms with Gasteiger partial charge in [-0.2, -0.15) is 5.10 Å². The van der Waals surface area contributed by atoms with E-state index in [4.69, 9.17) is 0 Å². The SMILES string of the molecule is Cc1nn(CC(C)C)c(C)c1CC(=O)Nc1ccccc1-c1nc2ccccc2[nH]1. The van der Waals surface area contributed by atoms with Crippen molar-refractivity contribution in [3.8, 4) is 11.4 Å². The fourth-order valence-electron chi connectivity index (χ4n) is 3.75. The van der Waals surface area contributed by atoms with Crippen LogP contribution in [0.25, 0.3) is 22.4 Å². The number of nitrogens with one attached hydrogen (secondary N) is 2. The second kappa shape index (κ2) is 8.14. The molecule has 6 heteroatoms. The highest BCUT2D eigenvalue weighted by Crippen LogP contribution is 2.28. The summed E-state index contributed by atoms with van der Waals surface area (Å²) in [7, 11) is 0. The number of aromatic nitrogens is 4. The van der Waals surface area contributed by atoms with Crippen LogP contribution in [0.3, 0.4) is 0 Å². The smallest absolute Gasteiger partial charge is 0.228 e. The molecular formula is C24H27N5O. The summed E-state index contributed by atoms with van der Waals surface area (Å²) in [6, 6.07) is 15.6. The number of fused-ring (bicyclic) bond motifs is 1. The summed E-state index contributed by atoms with van der Waals surface area (Å²) in [6.07, 6.45) is 0.296. The standard InChI is InChI=1S/C24H27N5O/c1-15(2)14-29-17(4)19(16(3)28-29)13-23(30)25-20-10-6-5-9-18(20)24-26-21-11-7-8-12-22(21)27-24/h5-12,15H,13-14H2,1-4H3,(H,25,30)(H,26,27). The lowest BCUT2D eigenvalue weighted by atomic mass is 10.1. The Hall–Kier alpha value is -3.41. The first kappa shape index (κ1) is 19.9. The third kappa shape index (κ3) is 3.99. The van der Waals surface area contributed by atoms with E-state index in [2.05, 4.69) is 34.2 Å². The van der Waals surface area contributed by atoms with Gasteiger partial charge in [0.1, 0.15) is 5.82 Å². The second-order valence-corrected chi connectivity index (χ2v) is 8.10. The highest BCUT2D eigenvalue weighted by Gasteiger charge is 2.17. The largest absolute Gasteiger partial charge is 0.338 e. The topological polar surface area (TPSA) is 75.6 Å². The van der Waals surface area contributed by atoms with Crippen LogP contribution in [-0.2, 0) is 17.8 Å². The summed E-state index contributed by atoms with van der Waals surface area (Å²) < 4.78 is 2.00. The van der Waals surface area contributed by atoms with Gasteiger partial charge >= 0.3 is 0 Å². The van der Waals surface area contributed by atoms with Crippen molar-refractivity contribution in [3.63, 3.8) is 0 Å². The van der Waals surface area contributed by atoms with Gasteiger partial charge in [0.25, 0.3) is 0 Å². The summed E-state index contributed by atoms with van der Waals surface area (Å²) >= 11 is 0. The molecule has 0 aliphatic carbocycles. The Morgan fingerprint density at radius 2 is 1.83 bits per heavy atom. The van der Waals surface area contributed by atoms with E-state index < -0.39 is 0 Å². The number of imidazole rings is 1. The molecule has 0 atom stereocenters. The number of benzene rings is 2. The summed E-state index contributed by atoms with van der Waals surface area (Å²) in [6.45, 7) is 9.18. The number of carbonyl (C=O) groups excluding carboxylic acids is 1. The van der Waals surface area contributed by atoms with Crippen molar-refractivity contribution >= 4 is 22.6 Å². The number of anilines is 1. The minimum Gasteiger partial charge on any atom is -0.338 e. The Morgan fingerprint density at radius 3 is 2.60 bits per heavy atom. The Bertz CT molecular complexity index is 1170. The number of hydrogen-bond donors (Lipinski definition) is 2. The molecule has 0 aliphatic heterocycles. The molecule has 0 radical (unpaired) electrons. The van der Waals surface area contributed by atoms with Gasteiger partial charge in [0, 0.05) is 23.4 Å². The molecule has 0 fully saturated rings. The van der Waals surface area contributed by atoms with E-state index in [0.717, 1.165) is 51.6 Å². The third-order valence-corrected chi connectivity index (χ3v) is 5.25. The molecule has 1 amide bonds. The highest BCUT2D eigenvalue weighted by atomic mass is 16.1. The van der Waals surface area contributed by atoms with Crippen molar-refractivity contribution < 1.29 is 4.79 Å². The van der Waals surface area contributed by atoms with Crippen LogP contribution in [0.4, 0.5) is 5.69 Å². The van der Waals surface area contributed by atoms with Gasteiger partial charge < -0.3 is 10.3 Å².